The summed E-state index contributed by atoms with van der Waals surface area (Å²) in [6.45, 7) is 9.21. The van der Waals surface area contributed by atoms with Crippen molar-refractivity contribution in [3.63, 3.8) is 0 Å². The normalized spacial score (nSPS) is 26.0. The number of benzene rings is 2. The van der Waals surface area contributed by atoms with Crippen molar-refractivity contribution < 1.29 is 5.11 Å². The maximum atomic E-state index is 11.6. The summed E-state index contributed by atoms with van der Waals surface area (Å²) >= 11 is 0. The topological polar surface area (TPSA) is 23.5 Å². The van der Waals surface area contributed by atoms with Crippen molar-refractivity contribution >= 4 is 0 Å². The summed E-state index contributed by atoms with van der Waals surface area (Å²) in [7, 11) is 0. The summed E-state index contributed by atoms with van der Waals surface area (Å²) in [5.41, 5.74) is 1.58. The molecule has 4 rings (SSSR count). The van der Waals surface area contributed by atoms with Crippen molar-refractivity contribution in [1.82, 2.24) is 4.90 Å². The highest BCUT2D eigenvalue weighted by Gasteiger charge is 2.49. The van der Waals surface area contributed by atoms with Gasteiger partial charge in [0.05, 0.1) is 6.54 Å². The van der Waals surface area contributed by atoms with Gasteiger partial charge in [0.15, 0.2) is 0 Å². The molecule has 1 saturated heterocycles. The molecule has 2 fully saturated rings. The molecule has 0 radical (unpaired) electrons. The number of rotatable bonds is 4. The van der Waals surface area contributed by atoms with E-state index in [2.05, 4.69) is 37.5 Å². The van der Waals surface area contributed by atoms with E-state index in [1.54, 1.807) is 0 Å². The summed E-state index contributed by atoms with van der Waals surface area (Å²) in [6.07, 6.45) is 4.28. The molecule has 0 spiro atoms. The van der Waals surface area contributed by atoms with Crippen LogP contribution in [0.1, 0.15) is 57.6 Å². The van der Waals surface area contributed by atoms with Gasteiger partial charge in [-0.1, -0.05) is 93.3 Å². The molecule has 0 unspecified atom stereocenters. The van der Waals surface area contributed by atoms with Crippen LogP contribution in [0.15, 0.2) is 60.7 Å². The first kappa shape index (κ1) is 20.2. The fourth-order valence-corrected chi connectivity index (χ4v) is 5.91. The second-order valence-electron chi connectivity index (χ2n) is 10.2. The zero-order valence-corrected chi connectivity index (χ0v) is 18.0. The van der Waals surface area contributed by atoms with E-state index < -0.39 is 5.60 Å². The Labute approximate surface area is 176 Å². The van der Waals surface area contributed by atoms with Crippen LogP contribution in [0, 0.1) is 22.7 Å². The van der Waals surface area contributed by atoms with Gasteiger partial charge in [0.2, 0.25) is 0 Å². The Balaban J connectivity index is 1.50. The fourth-order valence-electron chi connectivity index (χ4n) is 5.91. The lowest BCUT2D eigenvalue weighted by Crippen LogP contribution is -2.34. The maximum Gasteiger partial charge on any atom is 0.125 e. The van der Waals surface area contributed by atoms with E-state index in [-0.39, 0.29) is 0 Å². The highest BCUT2D eigenvalue weighted by molar-refractivity contribution is 5.37. The van der Waals surface area contributed by atoms with Crippen molar-refractivity contribution in [1.29, 1.82) is 0 Å². The minimum absolute atomic E-state index is 0.405. The minimum Gasteiger partial charge on any atom is -0.379 e. The Bertz CT molecular complexity index is 853. The Morgan fingerprint density at radius 2 is 1.52 bits per heavy atom. The zero-order chi connectivity index (χ0) is 20.5. The minimum atomic E-state index is -1.08. The smallest absolute Gasteiger partial charge is 0.125 e. The lowest BCUT2D eigenvalue weighted by atomic mass is 9.65. The van der Waals surface area contributed by atoms with Gasteiger partial charge in [-0.25, -0.2) is 0 Å². The number of hydrogen-bond donors (Lipinski definition) is 1. The third-order valence-corrected chi connectivity index (χ3v) is 6.78. The highest BCUT2D eigenvalue weighted by Crippen LogP contribution is 2.52. The van der Waals surface area contributed by atoms with Gasteiger partial charge in [0.1, 0.15) is 5.60 Å². The van der Waals surface area contributed by atoms with Crippen LogP contribution in [0.4, 0.5) is 0 Å². The first-order valence-corrected chi connectivity index (χ1v) is 10.8. The molecule has 2 atom stereocenters. The Kier molecular flexibility index (Phi) is 5.32. The second-order valence-corrected chi connectivity index (χ2v) is 10.2. The van der Waals surface area contributed by atoms with E-state index in [1.807, 2.05) is 60.7 Å². The highest BCUT2D eigenvalue weighted by atomic mass is 16.3. The van der Waals surface area contributed by atoms with Crippen LogP contribution in [-0.2, 0) is 5.60 Å². The van der Waals surface area contributed by atoms with Gasteiger partial charge in [0, 0.05) is 19.0 Å². The van der Waals surface area contributed by atoms with Crippen LogP contribution in [0.5, 0.6) is 0 Å². The lowest BCUT2D eigenvalue weighted by Gasteiger charge is -2.39. The molecule has 1 aliphatic carbocycles. The number of aliphatic hydroxyl groups is 1. The molecule has 1 saturated carbocycles. The molecular weight excluding hydrogens is 354 g/mol. The van der Waals surface area contributed by atoms with Crippen LogP contribution in [0.3, 0.4) is 0 Å². The third-order valence-electron chi connectivity index (χ3n) is 6.78. The van der Waals surface area contributed by atoms with Crippen LogP contribution >= 0.6 is 0 Å². The number of fused-ring (bicyclic) bond motifs is 2. The van der Waals surface area contributed by atoms with Crippen LogP contribution < -0.4 is 0 Å². The number of nitrogens with zero attached hydrogens (tertiary/aromatic N) is 1. The molecule has 2 aliphatic rings. The van der Waals surface area contributed by atoms with Crippen molar-refractivity contribution in [2.24, 2.45) is 10.8 Å². The summed E-state index contributed by atoms with van der Waals surface area (Å²) in [6, 6.07) is 20.5. The van der Waals surface area contributed by atoms with E-state index in [0.29, 0.717) is 23.3 Å². The lowest BCUT2D eigenvalue weighted by molar-refractivity contribution is 0.0864. The number of hydrogen-bond acceptors (Lipinski definition) is 2. The zero-order valence-electron chi connectivity index (χ0n) is 18.0. The molecule has 0 amide bonds. The first-order valence-electron chi connectivity index (χ1n) is 10.8. The molecule has 29 heavy (non-hydrogen) atoms. The average molecular weight is 388 g/mol. The quantitative estimate of drug-likeness (QED) is 0.728. The maximum absolute atomic E-state index is 11.6. The van der Waals surface area contributed by atoms with Crippen LogP contribution in [0.25, 0.3) is 0 Å². The molecule has 2 nitrogen and oxygen atoms in total. The van der Waals surface area contributed by atoms with Crippen LogP contribution in [0.2, 0.25) is 0 Å². The summed E-state index contributed by atoms with van der Waals surface area (Å²) in [5.74, 6) is 6.72. The Morgan fingerprint density at radius 3 is 2.10 bits per heavy atom. The van der Waals surface area contributed by atoms with Gasteiger partial charge in [-0.15, -0.1) is 0 Å². The fraction of sp³-hybridized carbons (Fsp3) is 0.481. The predicted octanol–water partition coefficient (Wildman–Crippen LogP) is 5.22. The molecule has 1 heterocycles. The molecule has 0 aromatic heterocycles. The molecule has 1 N–H and O–H groups in total. The van der Waals surface area contributed by atoms with E-state index in [0.717, 1.165) is 24.2 Å². The van der Waals surface area contributed by atoms with Gasteiger partial charge >= 0.3 is 0 Å². The van der Waals surface area contributed by atoms with E-state index in [9.17, 15) is 5.11 Å². The third kappa shape index (κ3) is 4.27. The Morgan fingerprint density at radius 1 is 0.931 bits per heavy atom. The summed E-state index contributed by atoms with van der Waals surface area (Å²) < 4.78 is 0. The van der Waals surface area contributed by atoms with Crippen molar-refractivity contribution in [2.45, 2.75) is 58.1 Å². The largest absolute Gasteiger partial charge is 0.379 e. The first-order chi connectivity index (χ1) is 13.8. The standard InChI is InChI=1S/C27H33NO/c1-25(2)18-24-19-26(3,20-25)21-28(24)17-11-10-16-27(29,22-12-6-4-7-13-22)23-14-8-5-9-15-23/h4-9,12-15,24,29H,16-21H2,1-3H3/t24-,26+/m0/s1. The van der Waals surface area contributed by atoms with Crippen molar-refractivity contribution in [3.05, 3.63) is 71.8 Å². The van der Waals surface area contributed by atoms with Gasteiger partial charge < -0.3 is 5.11 Å². The second kappa shape index (κ2) is 7.63. The van der Waals surface area contributed by atoms with Crippen LogP contribution in [-0.4, -0.2) is 29.1 Å². The Hall–Kier alpha value is -2.08. The van der Waals surface area contributed by atoms with Crippen molar-refractivity contribution in [3.8, 4) is 11.8 Å². The molecule has 2 heteroatoms. The van der Waals surface area contributed by atoms with E-state index in [4.69, 9.17) is 0 Å². The van der Waals surface area contributed by atoms with E-state index >= 15 is 0 Å². The van der Waals surface area contributed by atoms with Gasteiger partial charge in [-0.2, -0.15) is 0 Å². The number of likely N-dealkylation sites (tertiary alicyclic amines) is 1. The monoisotopic (exact) mass is 387 g/mol. The van der Waals surface area contributed by atoms with Crippen molar-refractivity contribution in [2.75, 3.05) is 13.1 Å². The molecule has 152 valence electrons. The SMILES string of the molecule is CC1(C)C[C@H]2C[C@@](C)(CN2CC#CCC(O)(c2ccccc2)c2ccccc2)C1. The van der Waals surface area contributed by atoms with Gasteiger partial charge in [0.25, 0.3) is 0 Å². The average Bonchev–Trinajstić information content (AvgIpc) is 2.94. The molecule has 2 bridgehead atoms. The summed E-state index contributed by atoms with van der Waals surface area (Å²) in [4.78, 5) is 2.58. The molecular formula is C27H33NO. The van der Waals surface area contributed by atoms with Gasteiger partial charge in [-0.05, 0) is 41.2 Å². The molecule has 1 aliphatic heterocycles. The molecule has 2 aromatic carbocycles. The van der Waals surface area contributed by atoms with Gasteiger partial charge in [-0.3, -0.25) is 4.90 Å². The predicted molar refractivity (Wildman–Crippen MR) is 119 cm³/mol. The summed E-state index contributed by atoms with van der Waals surface area (Å²) in [5, 5.41) is 11.6. The molecule has 2 aromatic rings. The van der Waals surface area contributed by atoms with E-state index in [1.165, 1.54) is 19.3 Å².